The number of nitrogens with one attached hydrogen (secondary N) is 1. The van der Waals surface area contributed by atoms with Gasteiger partial charge in [-0.2, -0.15) is 12.8 Å². The van der Waals surface area contributed by atoms with Crippen LogP contribution in [0.5, 0.6) is 0 Å². The molecule has 3 rings (SSSR count). The fourth-order valence-electron chi connectivity index (χ4n) is 2.26. The average Bonchev–Trinajstić information content (AvgIpc) is 2.60. The van der Waals surface area contributed by atoms with Crippen LogP contribution in [-0.4, -0.2) is 27.8 Å². The zero-order valence-electron chi connectivity index (χ0n) is 11.8. The number of likely N-dealkylation sites (N-methyl/N-ethyl adjacent to an activating group) is 1. The van der Waals surface area contributed by atoms with E-state index in [4.69, 9.17) is 0 Å². The van der Waals surface area contributed by atoms with Gasteiger partial charge >= 0.3 is 0 Å². The van der Waals surface area contributed by atoms with Crippen molar-refractivity contribution in [2.45, 2.75) is 4.90 Å². The number of hydrogen-bond donors (Lipinski definition) is 1. The standard InChI is InChI=1S/C15H13N3O3S/c1-16-9-13(19)10-5-4-8-14-15(10)17-11-6-2-3-7-12(11)18-22(14,20)21/h2-8,16H,9H2,1H3. The third-order valence-electron chi connectivity index (χ3n) is 3.25. The topological polar surface area (TPSA) is 88.0 Å². The second-order valence-electron chi connectivity index (χ2n) is 4.77. The average molecular weight is 315 g/mol. The molecule has 1 N–H and O–H groups in total. The van der Waals surface area contributed by atoms with Crippen molar-refractivity contribution in [1.82, 2.24) is 5.32 Å². The number of para-hydroxylation sites is 2. The van der Waals surface area contributed by atoms with E-state index < -0.39 is 10.0 Å². The predicted molar refractivity (Wildman–Crippen MR) is 80.3 cm³/mol. The Hall–Kier alpha value is -2.38. The van der Waals surface area contributed by atoms with Gasteiger partial charge in [0.1, 0.15) is 10.3 Å². The lowest BCUT2D eigenvalue weighted by Gasteiger charge is -2.07. The van der Waals surface area contributed by atoms with Crippen LogP contribution in [0.3, 0.4) is 0 Å². The van der Waals surface area contributed by atoms with Crippen LogP contribution in [-0.2, 0) is 10.0 Å². The normalized spacial score (nSPS) is 14.8. The molecule has 0 fully saturated rings. The second-order valence-corrected chi connectivity index (χ2v) is 6.35. The summed E-state index contributed by atoms with van der Waals surface area (Å²) >= 11 is 0. The predicted octanol–water partition coefficient (Wildman–Crippen LogP) is 0.362. The Balaban J connectivity index is 2.40. The van der Waals surface area contributed by atoms with Gasteiger partial charge in [-0.25, -0.2) is 4.99 Å². The Kier molecular flexibility index (Phi) is 3.59. The number of fused-ring (bicyclic) bond motifs is 2. The second kappa shape index (κ2) is 5.43. The first kappa shape index (κ1) is 14.6. The molecule has 1 aliphatic heterocycles. The van der Waals surface area contributed by atoms with Crippen LogP contribution in [0.2, 0.25) is 0 Å². The highest BCUT2D eigenvalue weighted by Gasteiger charge is 2.24. The number of hydrogen-bond acceptors (Lipinski definition) is 5. The minimum atomic E-state index is -3.90. The minimum Gasteiger partial charge on any atom is -0.313 e. The number of benzene rings is 2. The molecule has 2 aromatic rings. The number of ketones is 1. The summed E-state index contributed by atoms with van der Waals surface area (Å²) in [5.74, 6) is -0.224. The van der Waals surface area contributed by atoms with Gasteiger partial charge in [0, 0.05) is 5.56 Å². The SMILES string of the molecule is CNCC(=O)c1cccc2c1N=c1ccccc1=NS2(=O)=O. The Morgan fingerprint density at radius 1 is 1.09 bits per heavy atom. The summed E-state index contributed by atoms with van der Waals surface area (Å²) in [5, 5.41) is 3.46. The van der Waals surface area contributed by atoms with Gasteiger partial charge in [-0.05, 0) is 31.3 Å². The lowest BCUT2D eigenvalue weighted by atomic mass is 10.1. The molecule has 1 heterocycles. The van der Waals surface area contributed by atoms with Crippen LogP contribution in [0.25, 0.3) is 0 Å². The minimum absolute atomic E-state index is 0.0503. The number of carbonyl (C=O) groups is 1. The van der Waals surface area contributed by atoms with E-state index in [2.05, 4.69) is 14.7 Å². The number of rotatable bonds is 3. The molecule has 0 saturated carbocycles. The molecule has 0 spiro atoms. The highest BCUT2D eigenvalue weighted by molar-refractivity contribution is 7.90. The van der Waals surface area contributed by atoms with E-state index in [9.17, 15) is 13.2 Å². The molecule has 1 aliphatic rings. The van der Waals surface area contributed by atoms with Gasteiger partial charge in [-0.15, -0.1) is 0 Å². The van der Waals surface area contributed by atoms with Crippen molar-refractivity contribution in [3.05, 3.63) is 58.7 Å². The first-order valence-electron chi connectivity index (χ1n) is 6.62. The van der Waals surface area contributed by atoms with Crippen molar-refractivity contribution in [2.75, 3.05) is 13.6 Å². The summed E-state index contributed by atoms with van der Waals surface area (Å²) in [4.78, 5) is 16.5. The molecule has 0 amide bonds. The van der Waals surface area contributed by atoms with Crippen LogP contribution in [0, 0.1) is 0 Å². The van der Waals surface area contributed by atoms with Crippen molar-refractivity contribution in [3.8, 4) is 0 Å². The maximum atomic E-state index is 12.4. The summed E-state index contributed by atoms with van der Waals surface area (Å²) in [6, 6.07) is 11.2. The van der Waals surface area contributed by atoms with Gasteiger partial charge < -0.3 is 5.32 Å². The maximum Gasteiger partial charge on any atom is 0.285 e. The lowest BCUT2D eigenvalue weighted by Crippen LogP contribution is -2.24. The molecule has 0 saturated heterocycles. The maximum absolute atomic E-state index is 12.4. The Labute approximate surface area is 127 Å². The molecule has 7 heteroatoms. The fourth-order valence-corrected chi connectivity index (χ4v) is 3.42. The van der Waals surface area contributed by atoms with Crippen LogP contribution >= 0.6 is 0 Å². The van der Waals surface area contributed by atoms with Gasteiger partial charge in [0.15, 0.2) is 5.78 Å². The Morgan fingerprint density at radius 2 is 1.82 bits per heavy atom. The largest absolute Gasteiger partial charge is 0.313 e. The third kappa shape index (κ3) is 2.44. The van der Waals surface area contributed by atoms with Crippen LogP contribution in [0.4, 0.5) is 5.69 Å². The van der Waals surface area contributed by atoms with Crippen molar-refractivity contribution < 1.29 is 13.2 Å². The number of sulfonamides is 1. The van der Waals surface area contributed by atoms with Gasteiger partial charge in [-0.3, -0.25) is 4.79 Å². The van der Waals surface area contributed by atoms with Crippen molar-refractivity contribution in [2.24, 2.45) is 9.39 Å². The highest BCUT2D eigenvalue weighted by Crippen LogP contribution is 2.30. The van der Waals surface area contributed by atoms with E-state index in [0.717, 1.165) is 0 Å². The van der Waals surface area contributed by atoms with Crippen molar-refractivity contribution in [3.63, 3.8) is 0 Å². The van der Waals surface area contributed by atoms with Crippen molar-refractivity contribution >= 4 is 21.5 Å². The van der Waals surface area contributed by atoms with Crippen LogP contribution < -0.4 is 16.0 Å². The highest BCUT2D eigenvalue weighted by atomic mass is 32.2. The molecule has 0 aromatic heterocycles. The van der Waals surface area contributed by atoms with E-state index in [0.29, 0.717) is 5.36 Å². The molecular weight excluding hydrogens is 302 g/mol. The quantitative estimate of drug-likeness (QED) is 0.829. The fraction of sp³-hybridized carbons (Fsp3) is 0.133. The zero-order chi connectivity index (χ0) is 15.7. The third-order valence-corrected chi connectivity index (χ3v) is 4.57. The first-order chi connectivity index (χ1) is 10.5. The van der Waals surface area contributed by atoms with Crippen LogP contribution in [0.15, 0.2) is 56.8 Å². The molecule has 6 nitrogen and oxygen atoms in total. The summed E-state index contributed by atoms with van der Waals surface area (Å²) in [5.41, 5.74) is 0.416. The molecule has 0 unspecified atom stereocenters. The van der Waals surface area contributed by atoms with Gasteiger partial charge in [-0.1, -0.05) is 18.2 Å². The smallest absolute Gasteiger partial charge is 0.285 e. The van der Waals surface area contributed by atoms with E-state index in [1.54, 1.807) is 37.4 Å². The zero-order valence-corrected chi connectivity index (χ0v) is 12.6. The molecule has 0 atom stereocenters. The Bertz CT molecular complexity index is 981. The lowest BCUT2D eigenvalue weighted by molar-refractivity contribution is 0.0994. The molecule has 112 valence electrons. The summed E-state index contributed by atoms with van der Waals surface area (Å²) in [6.07, 6.45) is 0. The molecule has 0 bridgehead atoms. The molecule has 22 heavy (non-hydrogen) atoms. The van der Waals surface area contributed by atoms with E-state index in [-0.39, 0.29) is 33.8 Å². The molecule has 0 aliphatic carbocycles. The summed E-state index contributed by atoms with van der Waals surface area (Å²) in [7, 11) is -2.25. The molecule has 2 aromatic carbocycles. The first-order valence-corrected chi connectivity index (χ1v) is 8.06. The Morgan fingerprint density at radius 3 is 2.55 bits per heavy atom. The summed E-state index contributed by atoms with van der Waals surface area (Å²) < 4.78 is 28.7. The van der Waals surface area contributed by atoms with Crippen molar-refractivity contribution in [1.29, 1.82) is 0 Å². The van der Waals surface area contributed by atoms with Gasteiger partial charge in [0.25, 0.3) is 10.0 Å². The van der Waals surface area contributed by atoms with E-state index in [1.807, 2.05) is 0 Å². The van der Waals surface area contributed by atoms with Gasteiger partial charge in [0.05, 0.1) is 17.6 Å². The molecule has 0 radical (unpaired) electrons. The monoisotopic (exact) mass is 315 g/mol. The number of Topliss-reactive ketones (excluding diaryl/α,β-unsaturated/α-hetero) is 1. The van der Waals surface area contributed by atoms with E-state index >= 15 is 0 Å². The van der Waals surface area contributed by atoms with Gasteiger partial charge in [0.2, 0.25) is 0 Å². The number of carbonyl (C=O) groups excluding carboxylic acids is 1. The van der Waals surface area contributed by atoms with Crippen LogP contribution in [0.1, 0.15) is 10.4 Å². The molecular formula is C15H13N3O3S. The summed E-state index contributed by atoms with van der Waals surface area (Å²) in [6.45, 7) is 0.102. The van der Waals surface area contributed by atoms with E-state index in [1.165, 1.54) is 12.1 Å². The number of nitrogens with zero attached hydrogens (tertiary/aromatic N) is 2.